The Bertz CT molecular complexity index is 566. The molecule has 2 aromatic rings. The predicted molar refractivity (Wildman–Crippen MR) is 85.5 cm³/mol. The molecule has 1 N–H and O–H groups in total. The summed E-state index contributed by atoms with van der Waals surface area (Å²) in [5.41, 5.74) is 1.42. The van der Waals surface area contributed by atoms with Gasteiger partial charge in [-0.25, -0.2) is 0 Å². The second-order valence-electron chi connectivity index (χ2n) is 5.23. The Morgan fingerprint density at radius 3 is 3.05 bits per heavy atom. The van der Waals surface area contributed by atoms with Crippen molar-refractivity contribution in [3.8, 4) is 0 Å². The van der Waals surface area contributed by atoms with E-state index < -0.39 is 0 Å². The molecular formula is C16H22N2OS. The lowest BCUT2D eigenvalue weighted by atomic mass is 9.97. The van der Waals surface area contributed by atoms with Gasteiger partial charge >= 0.3 is 0 Å². The molecule has 0 bridgehead atoms. The predicted octanol–water partition coefficient (Wildman–Crippen LogP) is 2.88. The molecule has 1 aliphatic rings. The first kappa shape index (κ1) is 14.0. The number of fused-ring (bicyclic) bond motifs is 1. The van der Waals surface area contributed by atoms with Gasteiger partial charge in [-0.15, -0.1) is 11.3 Å². The Morgan fingerprint density at radius 2 is 2.25 bits per heavy atom. The van der Waals surface area contributed by atoms with Gasteiger partial charge < -0.3 is 10.1 Å². The van der Waals surface area contributed by atoms with Gasteiger partial charge in [-0.1, -0.05) is 25.1 Å². The summed E-state index contributed by atoms with van der Waals surface area (Å²) in [4.78, 5) is 2.54. The molecule has 2 unspecified atom stereocenters. The number of benzene rings is 1. The van der Waals surface area contributed by atoms with Gasteiger partial charge in [-0.3, -0.25) is 4.90 Å². The van der Waals surface area contributed by atoms with Crippen molar-refractivity contribution in [1.82, 2.24) is 10.2 Å². The molecule has 4 heteroatoms. The summed E-state index contributed by atoms with van der Waals surface area (Å²) in [6, 6.07) is 9.04. The number of likely N-dealkylation sites (N-methyl/N-ethyl adjacent to an activating group) is 2. The van der Waals surface area contributed by atoms with Crippen LogP contribution in [0.1, 0.15) is 18.5 Å². The third-order valence-corrected chi connectivity index (χ3v) is 5.08. The Labute approximate surface area is 124 Å². The first-order chi connectivity index (χ1) is 9.85. The van der Waals surface area contributed by atoms with Crippen molar-refractivity contribution in [2.24, 2.45) is 0 Å². The molecule has 3 rings (SSSR count). The van der Waals surface area contributed by atoms with E-state index in [0.29, 0.717) is 6.04 Å². The maximum absolute atomic E-state index is 6.04. The van der Waals surface area contributed by atoms with E-state index in [1.165, 1.54) is 15.6 Å². The van der Waals surface area contributed by atoms with Crippen molar-refractivity contribution in [3.05, 3.63) is 35.2 Å². The van der Waals surface area contributed by atoms with Crippen LogP contribution in [0.5, 0.6) is 0 Å². The van der Waals surface area contributed by atoms with E-state index in [9.17, 15) is 0 Å². The van der Waals surface area contributed by atoms with E-state index >= 15 is 0 Å². The smallest absolute Gasteiger partial charge is 0.0896 e. The van der Waals surface area contributed by atoms with Crippen LogP contribution in [0, 0.1) is 0 Å². The van der Waals surface area contributed by atoms with E-state index in [0.717, 1.165) is 26.2 Å². The van der Waals surface area contributed by atoms with Crippen LogP contribution >= 0.6 is 11.3 Å². The first-order valence-electron chi connectivity index (χ1n) is 7.31. The molecule has 2 atom stereocenters. The van der Waals surface area contributed by atoms with Gasteiger partial charge in [-0.05, 0) is 36.0 Å². The topological polar surface area (TPSA) is 24.5 Å². The fourth-order valence-electron chi connectivity index (χ4n) is 3.14. The SMILES string of the molecule is CCN1CCOC(CNC)C1c1csc2ccccc12. The summed E-state index contributed by atoms with van der Waals surface area (Å²) in [6.07, 6.45) is 0.228. The molecule has 3 nitrogen and oxygen atoms in total. The van der Waals surface area contributed by atoms with Gasteiger partial charge in [0.05, 0.1) is 18.8 Å². The van der Waals surface area contributed by atoms with Gasteiger partial charge in [0.2, 0.25) is 0 Å². The van der Waals surface area contributed by atoms with E-state index in [1.54, 1.807) is 0 Å². The zero-order valence-corrected chi connectivity index (χ0v) is 13.0. The lowest BCUT2D eigenvalue weighted by Gasteiger charge is -2.40. The van der Waals surface area contributed by atoms with Crippen LogP contribution in [0.25, 0.3) is 10.1 Å². The molecule has 0 saturated carbocycles. The molecule has 0 amide bonds. The number of morpholine rings is 1. The third kappa shape index (κ3) is 2.49. The van der Waals surface area contributed by atoms with Crippen LogP contribution in [0.3, 0.4) is 0 Å². The van der Waals surface area contributed by atoms with Crippen molar-refractivity contribution in [1.29, 1.82) is 0 Å². The Kier molecular flexibility index (Phi) is 4.36. The molecule has 108 valence electrons. The molecular weight excluding hydrogens is 268 g/mol. The molecule has 1 saturated heterocycles. The van der Waals surface area contributed by atoms with Crippen molar-refractivity contribution in [2.75, 3.05) is 33.3 Å². The maximum Gasteiger partial charge on any atom is 0.0896 e. The molecule has 1 aromatic carbocycles. The van der Waals surface area contributed by atoms with E-state index in [1.807, 2.05) is 18.4 Å². The summed E-state index contributed by atoms with van der Waals surface area (Å²) in [7, 11) is 2.00. The van der Waals surface area contributed by atoms with Crippen molar-refractivity contribution < 1.29 is 4.74 Å². The summed E-state index contributed by atoms with van der Waals surface area (Å²) >= 11 is 1.84. The Morgan fingerprint density at radius 1 is 1.40 bits per heavy atom. The van der Waals surface area contributed by atoms with Gasteiger partial charge in [-0.2, -0.15) is 0 Å². The molecule has 1 aromatic heterocycles. The number of rotatable bonds is 4. The third-order valence-electron chi connectivity index (χ3n) is 4.10. The van der Waals surface area contributed by atoms with E-state index in [2.05, 4.69) is 46.8 Å². The molecule has 1 fully saturated rings. The zero-order valence-electron chi connectivity index (χ0n) is 12.1. The quantitative estimate of drug-likeness (QED) is 0.937. The molecule has 20 heavy (non-hydrogen) atoms. The average Bonchev–Trinajstić information content (AvgIpc) is 2.91. The van der Waals surface area contributed by atoms with E-state index in [4.69, 9.17) is 4.74 Å². The molecule has 0 aliphatic carbocycles. The van der Waals surface area contributed by atoms with Crippen LogP contribution in [0.4, 0.5) is 0 Å². The minimum atomic E-state index is 0.228. The second kappa shape index (κ2) is 6.22. The van der Waals surface area contributed by atoms with Crippen LogP contribution < -0.4 is 5.32 Å². The van der Waals surface area contributed by atoms with Crippen LogP contribution in [-0.2, 0) is 4.74 Å². The molecule has 1 aliphatic heterocycles. The summed E-state index contributed by atoms with van der Waals surface area (Å²) in [6.45, 7) is 6.05. The number of nitrogens with one attached hydrogen (secondary N) is 1. The summed E-state index contributed by atoms with van der Waals surface area (Å²) in [5.74, 6) is 0. The lowest BCUT2D eigenvalue weighted by Crippen LogP contribution is -2.48. The van der Waals surface area contributed by atoms with Crippen molar-refractivity contribution in [2.45, 2.75) is 19.1 Å². The fourth-order valence-corrected chi connectivity index (χ4v) is 4.13. The monoisotopic (exact) mass is 290 g/mol. The Hall–Kier alpha value is -0.940. The summed E-state index contributed by atoms with van der Waals surface area (Å²) < 4.78 is 7.40. The standard InChI is InChI=1S/C16H22N2OS/c1-3-18-8-9-19-14(10-17-2)16(18)13-11-20-15-7-5-4-6-12(13)15/h4-7,11,14,16-17H,3,8-10H2,1-2H3. The number of hydrogen-bond donors (Lipinski definition) is 1. The average molecular weight is 290 g/mol. The number of hydrogen-bond acceptors (Lipinski definition) is 4. The molecule has 2 heterocycles. The molecule has 0 radical (unpaired) electrons. The largest absolute Gasteiger partial charge is 0.374 e. The lowest BCUT2D eigenvalue weighted by molar-refractivity contribution is -0.0680. The zero-order chi connectivity index (χ0) is 13.9. The van der Waals surface area contributed by atoms with Crippen LogP contribution in [0.2, 0.25) is 0 Å². The summed E-state index contributed by atoms with van der Waals surface area (Å²) in [5, 5.41) is 6.97. The number of ether oxygens (including phenoxy) is 1. The number of thiophene rings is 1. The van der Waals surface area contributed by atoms with Crippen molar-refractivity contribution in [3.63, 3.8) is 0 Å². The van der Waals surface area contributed by atoms with Crippen LogP contribution in [-0.4, -0.2) is 44.3 Å². The minimum absolute atomic E-state index is 0.228. The first-order valence-corrected chi connectivity index (χ1v) is 8.19. The highest BCUT2D eigenvalue weighted by Gasteiger charge is 2.33. The fraction of sp³-hybridized carbons (Fsp3) is 0.500. The number of nitrogens with zero attached hydrogens (tertiary/aromatic N) is 1. The Balaban J connectivity index is 2.02. The highest BCUT2D eigenvalue weighted by atomic mass is 32.1. The van der Waals surface area contributed by atoms with E-state index in [-0.39, 0.29) is 6.10 Å². The van der Waals surface area contributed by atoms with Crippen molar-refractivity contribution >= 4 is 21.4 Å². The highest BCUT2D eigenvalue weighted by Crippen LogP contribution is 2.37. The maximum atomic E-state index is 6.04. The van der Waals surface area contributed by atoms with Crippen LogP contribution in [0.15, 0.2) is 29.6 Å². The van der Waals surface area contributed by atoms with Gasteiger partial charge in [0.15, 0.2) is 0 Å². The second-order valence-corrected chi connectivity index (χ2v) is 6.14. The molecule has 0 spiro atoms. The van der Waals surface area contributed by atoms with Gasteiger partial charge in [0.25, 0.3) is 0 Å². The normalized spacial score (nSPS) is 24.3. The van der Waals surface area contributed by atoms with Gasteiger partial charge in [0, 0.05) is 17.8 Å². The van der Waals surface area contributed by atoms with Gasteiger partial charge in [0.1, 0.15) is 0 Å². The minimum Gasteiger partial charge on any atom is -0.374 e. The highest BCUT2D eigenvalue weighted by molar-refractivity contribution is 7.17.